The van der Waals surface area contributed by atoms with Crippen molar-refractivity contribution >= 4 is 69.6 Å². The van der Waals surface area contributed by atoms with Gasteiger partial charge in [0.15, 0.2) is 11.6 Å². The van der Waals surface area contributed by atoms with Crippen molar-refractivity contribution in [1.82, 2.24) is 39.3 Å². The zero-order valence-electron chi connectivity index (χ0n) is 41.7. The molecular formula is C52H58N8O14S2. The molecule has 8 heterocycles. The summed E-state index contributed by atoms with van der Waals surface area (Å²) in [4.78, 5) is 71.9. The molecule has 76 heavy (non-hydrogen) atoms. The normalized spacial score (nSPS) is 14.7. The number of benzene rings is 2. The van der Waals surface area contributed by atoms with Gasteiger partial charge in [-0.25, -0.2) is 48.1 Å². The molecule has 2 aromatic carbocycles. The van der Waals surface area contributed by atoms with E-state index < -0.39 is 35.8 Å². The second kappa shape index (κ2) is 28.0. The highest BCUT2D eigenvalue weighted by Gasteiger charge is 2.28. The largest absolute Gasteiger partial charge is 0.497 e. The third-order valence-corrected chi connectivity index (χ3v) is 14.7. The maximum atomic E-state index is 9.10. The van der Waals surface area contributed by atoms with Crippen LogP contribution in [0.15, 0.2) is 95.2 Å². The molecular weight excluding hydrogens is 1020 g/mol. The van der Waals surface area contributed by atoms with Crippen LogP contribution >= 0.6 is 22.7 Å². The molecule has 2 fully saturated rings. The molecule has 2 saturated heterocycles. The van der Waals surface area contributed by atoms with Crippen molar-refractivity contribution < 1.29 is 68.9 Å². The van der Waals surface area contributed by atoms with E-state index in [1.54, 1.807) is 38.0 Å². The molecule has 0 saturated carbocycles. The predicted octanol–water partition coefficient (Wildman–Crippen LogP) is 5.56. The van der Waals surface area contributed by atoms with Crippen LogP contribution in [-0.4, -0.2) is 159 Å². The quantitative estimate of drug-likeness (QED) is 0.102. The Hall–Kier alpha value is -8.06. The van der Waals surface area contributed by atoms with E-state index in [2.05, 4.69) is 111 Å². The number of likely N-dealkylation sites (tertiary alicyclic amines) is 2. The van der Waals surface area contributed by atoms with E-state index in [0.29, 0.717) is 0 Å². The van der Waals surface area contributed by atoms with Crippen molar-refractivity contribution in [1.29, 1.82) is 0 Å². The Morgan fingerprint density at radius 1 is 0.474 bits per heavy atom. The molecule has 4 aliphatic heterocycles. The number of carboxylic acids is 6. The molecule has 0 amide bonds. The number of nitrogens with zero attached hydrogens (tertiary/aromatic N) is 8. The van der Waals surface area contributed by atoms with Crippen LogP contribution < -0.4 is 9.47 Å². The lowest BCUT2D eigenvalue weighted by Crippen LogP contribution is -2.33. The first kappa shape index (κ1) is 57.2. The van der Waals surface area contributed by atoms with Crippen molar-refractivity contribution in [3.63, 3.8) is 0 Å². The lowest BCUT2D eigenvalue weighted by atomic mass is 9.94. The lowest BCUT2D eigenvalue weighted by Gasteiger charge is -2.29. The van der Waals surface area contributed by atoms with Crippen LogP contribution in [0.2, 0.25) is 0 Å². The Bertz CT molecular complexity index is 2660. The first-order chi connectivity index (χ1) is 36.6. The summed E-state index contributed by atoms with van der Waals surface area (Å²) in [5.41, 5.74) is 11.5. The second-order valence-corrected chi connectivity index (χ2v) is 19.2. The Balaban J connectivity index is 0.000000187. The van der Waals surface area contributed by atoms with Crippen LogP contribution in [-0.2, 0) is 67.5 Å². The Labute approximate surface area is 444 Å². The highest BCUT2D eigenvalue weighted by Crippen LogP contribution is 2.40. The van der Waals surface area contributed by atoms with Gasteiger partial charge in [0.05, 0.1) is 14.2 Å². The Kier molecular flexibility index (Phi) is 21.1. The van der Waals surface area contributed by atoms with Crippen LogP contribution in [0.5, 0.6) is 11.5 Å². The number of methoxy groups -OCH3 is 2. The smallest absolute Gasteiger partial charge is 0.414 e. The van der Waals surface area contributed by atoms with Crippen molar-refractivity contribution in [2.45, 2.75) is 64.5 Å². The minimum absolute atomic E-state index is 0.920. The molecule has 0 aliphatic carbocycles. The number of fused-ring (bicyclic) bond motifs is 4. The first-order valence-corrected chi connectivity index (χ1v) is 25.8. The van der Waals surface area contributed by atoms with Crippen LogP contribution in [0.1, 0.15) is 69.3 Å². The number of aryl methyl sites for hydroxylation is 4. The van der Waals surface area contributed by atoms with Gasteiger partial charge < -0.3 is 49.9 Å². The molecule has 4 aromatic heterocycles. The Morgan fingerprint density at radius 3 is 1.11 bits per heavy atom. The van der Waals surface area contributed by atoms with Crippen molar-refractivity contribution in [2.75, 3.05) is 53.5 Å². The monoisotopic (exact) mass is 1080 g/mol. The van der Waals surface area contributed by atoms with Gasteiger partial charge in [-0.15, -0.1) is 22.7 Å². The summed E-state index contributed by atoms with van der Waals surface area (Å²) in [6.45, 7) is 8.51. The Morgan fingerprint density at radius 2 is 0.803 bits per heavy atom. The SMILES string of the molecule is COc1ccc(CCN2CCC(=C3c4sccc4CCn4ncnc43)CC2)cc1.COc1ccc(CCN2CCC(=C3c4sccc4CCn4ncnc43)CC2)cc1.O=C(O)C(=O)O.O=C(O)C(=O)O.O=C(O)C(=O)O. The molecule has 4 aliphatic rings. The van der Waals surface area contributed by atoms with E-state index in [4.69, 9.17) is 68.9 Å². The van der Waals surface area contributed by atoms with E-state index in [-0.39, 0.29) is 0 Å². The van der Waals surface area contributed by atoms with Crippen molar-refractivity contribution in [3.8, 4) is 11.5 Å². The summed E-state index contributed by atoms with van der Waals surface area (Å²) >= 11 is 3.71. The topological polar surface area (TPSA) is 310 Å². The van der Waals surface area contributed by atoms with Gasteiger partial charge >= 0.3 is 35.8 Å². The number of hydrogen-bond donors (Lipinski definition) is 6. The molecule has 0 spiro atoms. The molecule has 402 valence electrons. The highest BCUT2D eigenvalue weighted by molar-refractivity contribution is 7.11. The molecule has 22 nitrogen and oxygen atoms in total. The molecule has 6 aromatic rings. The maximum absolute atomic E-state index is 9.10. The minimum Gasteiger partial charge on any atom is -0.497 e. The summed E-state index contributed by atoms with van der Waals surface area (Å²) in [5.74, 6) is -6.97. The third kappa shape index (κ3) is 16.0. The number of aliphatic carboxylic acids is 6. The number of rotatable bonds is 8. The number of carboxylic acid groups (broad SMARTS) is 6. The molecule has 0 bridgehead atoms. The van der Waals surface area contributed by atoms with E-state index in [1.165, 1.54) is 43.2 Å². The highest BCUT2D eigenvalue weighted by atomic mass is 32.1. The standard InChI is InChI=1S/2C23H26N4OS.3C2H2O4/c2*1-28-20-4-2-17(3-5-20)6-11-26-12-7-18(8-13-26)21-22-19(10-15-29-22)9-14-27-23(21)24-16-25-27;3*3-1(4)2(5)6/h2*2-5,10,15-16H,6-9,11-14H2,1H3;3*(H,3,4)(H,5,6). The zero-order valence-corrected chi connectivity index (χ0v) is 43.4. The number of thiophene rings is 2. The number of ether oxygens (including phenoxy) is 2. The van der Waals surface area contributed by atoms with Gasteiger partial charge in [0, 0.05) is 73.3 Å². The third-order valence-electron chi connectivity index (χ3n) is 12.7. The summed E-state index contributed by atoms with van der Waals surface area (Å²) in [5, 5.41) is 57.7. The van der Waals surface area contributed by atoms with E-state index in [0.717, 1.165) is 127 Å². The molecule has 6 N–H and O–H groups in total. The average molecular weight is 1080 g/mol. The second-order valence-electron chi connectivity index (χ2n) is 17.3. The minimum atomic E-state index is -1.82. The summed E-state index contributed by atoms with van der Waals surface area (Å²) in [7, 11) is 3.43. The van der Waals surface area contributed by atoms with Gasteiger partial charge in [0.25, 0.3) is 0 Å². The fraction of sp³-hybridized carbons (Fsp3) is 0.346. The van der Waals surface area contributed by atoms with Crippen LogP contribution in [0.25, 0.3) is 11.1 Å². The fourth-order valence-electron chi connectivity index (χ4n) is 8.79. The summed E-state index contributed by atoms with van der Waals surface area (Å²) in [6, 6.07) is 21.4. The predicted molar refractivity (Wildman–Crippen MR) is 279 cm³/mol. The molecule has 0 unspecified atom stereocenters. The number of piperidine rings is 2. The van der Waals surface area contributed by atoms with Crippen LogP contribution in [0.3, 0.4) is 0 Å². The van der Waals surface area contributed by atoms with Crippen LogP contribution in [0, 0.1) is 0 Å². The van der Waals surface area contributed by atoms with Gasteiger partial charge in [-0.1, -0.05) is 35.4 Å². The van der Waals surface area contributed by atoms with Gasteiger partial charge in [0.1, 0.15) is 24.2 Å². The van der Waals surface area contributed by atoms with E-state index in [9.17, 15) is 0 Å². The zero-order chi connectivity index (χ0) is 54.7. The number of carbonyl (C=O) groups is 6. The molecule has 24 heteroatoms. The molecule has 0 radical (unpaired) electrons. The fourth-order valence-corrected chi connectivity index (χ4v) is 10.9. The van der Waals surface area contributed by atoms with Gasteiger partial charge in [0.2, 0.25) is 0 Å². The number of aromatic nitrogens is 6. The summed E-state index contributed by atoms with van der Waals surface area (Å²) in [6.07, 6.45) is 12.1. The van der Waals surface area contributed by atoms with Gasteiger partial charge in [-0.2, -0.15) is 10.2 Å². The summed E-state index contributed by atoms with van der Waals surface area (Å²) < 4.78 is 14.7. The molecule has 10 rings (SSSR count). The van der Waals surface area contributed by atoms with Crippen LogP contribution in [0.4, 0.5) is 0 Å². The lowest BCUT2D eigenvalue weighted by molar-refractivity contribution is -0.159. The van der Waals surface area contributed by atoms with Crippen molar-refractivity contribution in [2.24, 2.45) is 0 Å². The van der Waals surface area contributed by atoms with Gasteiger partial charge in [-0.3, -0.25) is 0 Å². The average Bonchev–Trinajstić information content (AvgIpc) is 4.27. The first-order valence-electron chi connectivity index (χ1n) is 24.0. The van der Waals surface area contributed by atoms with E-state index >= 15 is 0 Å². The van der Waals surface area contributed by atoms with Gasteiger partial charge in [-0.05, 0) is 121 Å². The van der Waals surface area contributed by atoms with Crippen molar-refractivity contribution in [3.05, 3.63) is 139 Å². The van der Waals surface area contributed by atoms with E-state index in [1.807, 2.05) is 22.7 Å². The maximum Gasteiger partial charge on any atom is 0.414 e. The number of hydrogen-bond acceptors (Lipinski definition) is 16. The molecule has 0 atom stereocenters.